The van der Waals surface area contributed by atoms with E-state index in [1.165, 1.54) is 6.20 Å². The van der Waals surface area contributed by atoms with Crippen molar-refractivity contribution in [2.24, 2.45) is 5.73 Å². The van der Waals surface area contributed by atoms with Crippen LogP contribution in [0, 0.1) is 0 Å². The molecule has 4 nitrogen and oxygen atoms in total. The molecule has 0 bridgehead atoms. The van der Waals surface area contributed by atoms with Crippen LogP contribution in [0.4, 0.5) is 0 Å². The Bertz CT molecular complexity index is 263. The minimum Gasteiger partial charge on any atom is -0.363 e. The van der Waals surface area contributed by atoms with Crippen LogP contribution < -0.4 is 5.73 Å². The molecule has 0 aliphatic heterocycles. The van der Waals surface area contributed by atoms with E-state index < -0.39 is 5.91 Å². The van der Waals surface area contributed by atoms with Gasteiger partial charge in [-0.2, -0.15) is 0 Å². The van der Waals surface area contributed by atoms with Crippen LogP contribution in [0.3, 0.4) is 0 Å². The van der Waals surface area contributed by atoms with E-state index in [-0.39, 0.29) is 5.82 Å². The minimum atomic E-state index is -0.643. The maximum Gasteiger partial charge on any atom is 0.286 e. The van der Waals surface area contributed by atoms with E-state index in [0.717, 1.165) is 0 Å². The SMILES string of the molecule is NC(=O)c1nccc(S)n1. The second-order valence-electron chi connectivity index (χ2n) is 1.60. The van der Waals surface area contributed by atoms with Crippen LogP contribution >= 0.6 is 12.6 Å². The zero-order valence-corrected chi connectivity index (χ0v) is 5.88. The second-order valence-corrected chi connectivity index (χ2v) is 2.06. The summed E-state index contributed by atoms with van der Waals surface area (Å²) in [5, 5.41) is 0.434. The van der Waals surface area contributed by atoms with Gasteiger partial charge >= 0.3 is 0 Å². The molecule has 0 spiro atoms. The van der Waals surface area contributed by atoms with Gasteiger partial charge in [0.25, 0.3) is 5.91 Å². The molecule has 0 radical (unpaired) electrons. The summed E-state index contributed by atoms with van der Waals surface area (Å²) in [6, 6.07) is 1.57. The van der Waals surface area contributed by atoms with Crippen molar-refractivity contribution in [2.75, 3.05) is 0 Å². The summed E-state index contributed by atoms with van der Waals surface area (Å²) in [5.74, 6) is -0.650. The molecule has 2 N–H and O–H groups in total. The van der Waals surface area contributed by atoms with Crippen molar-refractivity contribution in [3.8, 4) is 0 Å². The lowest BCUT2D eigenvalue weighted by molar-refractivity contribution is 0.0989. The number of aromatic nitrogens is 2. The van der Waals surface area contributed by atoms with Crippen molar-refractivity contribution in [3.05, 3.63) is 18.1 Å². The number of carbonyl (C=O) groups excluding carboxylic acids is 1. The molecule has 0 aromatic carbocycles. The zero-order chi connectivity index (χ0) is 7.56. The summed E-state index contributed by atoms with van der Waals surface area (Å²) < 4.78 is 0. The van der Waals surface area contributed by atoms with Gasteiger partial charge in [0.2, 0.25) is 5.82 Å². The van der Waals surface area contributed by atoms with E-state index in [1.54, 1.807) is 6.07 Å². The Kier molecular flexibility index (Phi) is 1.86. The monoisotopic (exact) mass is 155 g/mol. The normalized spacial score (nSPS) is 9.30. The van der Waals surface area contributed by atoms with Crippen molar-refractivity contribution in [1.82, 2.24) is 9.97 Å². The molecule has 5 heteroatoms. The molecule has 10 heavy (non-hydrogen) atoms. The first-order valence-corrected chi connectivity index (χ1v) is 2.96. The topological polar surface area (TPSA) is 68.9 Å². The number of hydrogen-bond acceptors (Lipinski definition) is 4. The first kappa shape index (κ1) is 7.01. The summed E-state index contributed by atoms with van der Waals surface area (Å²) in [6.45, 7) is 0. The quantitative estimate of drug-likeness (QED) is 0.438. The van der Waals surface area contributed by atoms with E-state index >= 15 is 0 Å². The van der Waals surface area contributed by atoms with Crippen molar-refractivity contribution in [1.29, 1.82) is 0 Å². The van der Waals surface area contributed by atoms with E-state index in [2.05, 4.69) is 22.6 Å². The van der Waals surface area contributed by atoms with Gasteiger partial charge in [-0.3, -0.25) is 4.79 Å². The Balaban J connectivity index is 3.07. The number of nitrogens with two attached hydrogens (primary N) is 1. The first-order chi connectivity index (χ1) is 4.70. The van der Waals surface area contributed by atoms with Gasteiger partial charge in [0, 0.05) is 6.20 Å². The third-order valence-electron chi connectivity index (χ3n) is 0.861. The van der Waals surface area contributed by atoms with Gasteiger partial charge in [0.05, 0.1) is 5.03 Å². The number of rotatable bonds is 1. The molecule has 0 saturated heterocycles. The van der Waals surface area contributed by atoms with Gasteiger partial charge < -0.3 is 5.73 Å². The molecule has 1 heterocycles. The van der Waals surface area contributed by atoms with E-state index in [1.807, 2.05) is 0 Å². The lowest BCUT2D eigenvalue weighted by atomic mass is 10.5. The van der Waals surface area contributed by atoms with Gasteiger partial charge in [0.15, 0.2) is 0 Å². The fraction of sp³-hybridized carbons (Fsp3) is 0. The number of amides is 1. The first-order valence-electron chi connectivity index (χ1n) is 2.52. The van der Waals surface area contributed by atoms with E-state index in [9.17, 15) is 4.79 Å². The Labute approximate surface area is 62.9 Å². The summed E-state index contributed by atoms with van der Waals surface area (Å²) >= 11 is 3.89. The lowest BCUT2D eigenvalue weighted by Crippen LogP contribution is -2.14. The van der Waals surface area contributed by atoms with Crippen molar-refractivity contribution < 1.29 is 4.79 Å². The number of nitrogens with zero attached hydrogens (tertiary/aromatic N) is 2. The highest BCUT2D eigenvalue weighted by atomic mass is 32.1. The minimum absolute atomic E-state index is 0.00694. The van der Waals surface area contributed by atoms with Gasteiger partial charge in [-0.15, -0.1) is 12.6 Å². The Morgan fingerprint density at radius 3 is 2.80 bits per heavy atom. The van der Waals surface area contributed by atoms with Crippen LogP contribution in [0.15, 0.2) is 17.3 Å². The third-order valence-corrected chi connectivity index (χ3v) is 1.11. The maximum atomic E-state index is 10.4. The van der Waals surface area contributed by atoms with Crippen LogP contribution in [-0.2, 0) is 0 Å². The van der Waals surface area contributed by atoms with Gasteiger partial charge in [-0.1, -0.05) is 0 Å². The smallest absolute Gasteiger partial charge is 0.286 e. The standard InChI is InChI=1S/C5H5N3OS/c6-4(9)5-7-2-1-3(10)8-5/h1-2H,(H2,6,9)(H,7,8,10). The Morgan fingerprint density at radius 2 is 2.40 bits per heavy atom. The molecular weight excluding hydrogens is 150 g/mol. The largest absolute Gasteiger partial charge is 0.363 e. The molecule has 52 valence electrons. The Morgan fingerprint density at radius 1 is 1.70 bits per heavy atom. The highest BCUT2D eigenvalue weighted by Crippen LogP contribution is 1.98. The molecule has 0 saturated carbocycles. The van der Waals surface area contributed by atoms with Crippen LogP contribution in [0.5, 0.6) is 0 Å². The zero-order valence-electron chi connectivity index (χ0n) is 4.98. The molecule has 0 aliphatic rings. The third kappa shape index (κ3) is 1.44. The fourth-order valence-corrected chi connectivity index (χ4v) is 0.629. The van der Waals surface area contributed by atoms with Crippen molar-refractivity contribution in [3.63, 3.8) is 0 Å². The van der Waals surface area contributed by atoms with E-state index in [4.69, 9.17) is 5.73 Å². The number of primary amides is 1. The van der Waals surface area contributed by atoms with E-state index in [0.29, 0.717) is 5.03 Å². The molecule has 1 amide bonds. The fourth-order valence-electron chi connectivity index (χ4n) is 0.468. The molecule has 0 atom stereocenters. The molecule has 0 unspecified atom stereocenters. The van der Waals surface area contributed by atoms with Crippen LogP contribution in [0.25, 0.3) is 0 Å². The van der Waals surface area contributed by atoms with Crippen LogP contribution in [0.1, 0.15) is 10.6 Å². The summed E-state index contributed by atoms with van der Waals surface area (Å²) in [5.41, 5.74) is 4.88. The summed E-state index contributed by atoms with van der Waals surface area (Å²) in [4.78, 5) is 17.7. The summed E-state index contributed by atoms with van der Waals surface area (Å²) in [7, 11) is 0. The lowest BCUT2D eigenvalue weighted by Gasteiger charge is -1.92. The molecule has 1 rings (SSSR count). The number of thiol groups is 1. The van der Waals surface area contributed by atoms with Crippen molar-refractivity contribution >= 4 is 18.5 Å². The molecule has 1 aromatic rings. The predicted octanol–water partition coefficient (Wildman–Crippen LogP) is -0.136. The molecule has 0 aliphatic carbocycles. The average Bonchev–Trinajstić information content (AvgIpc) is 1.88. The van der Waals surface area contributed by atoms with Crippen molar-refractivity contribution in [2.45, 2.75) is 5.03 Å². The maximum absolute atomic E-state index is 10.4. The van der Waals surface area contributed by atoms with Crippen LogP contribution in [-0.4, -0.2) is 15.9 Å². The predicted molar refractivity (Wildman–Crippen MR) is 37.8 cm³/mol. The van der Waals surface area contributed by atoms with Gasteiger partial charge in [0.1, 0.15) is 0 Å². The molecular formula is C5H5N3OS. The number of carbonyl (C=O) groups is 1. The van der Waals surface area contributed by atoms with Gasteiger partial charge in [-0.05, 0) is 6.07 Å². The number of hydrogen-bond donors (Lipinski definition) is 2. The molecule has 1 aromatic heterocycles. The van der Waals surface area contributed by atoms with Crippen LogP contribution in [0.2, 0.25) is 0 Å². The second kappa shape index (κ2) is 2.66. The van der Waals surface area contributed by atoms with Gasteiger partial charge in [-0.25, -0.2) is 9.97 Å². The molecule has 0 fully saturated rings. The highest BCUT2D eigenvalue weighted by Gasteiger charge is 2.01. The summed E-state index contributed by atoms with van der Waals surface area (Å²) in [6.07, 6.45) is 1.43. The average molecular weight is 155 g/mol. The Hall–Kier alpha value is -1.10. The highest BCUT2D eigenvalue weighted by molar-refractivity contribution is 7.80.